The van der Waals surface area contributed by atoms with Crippen molar-refractivity contribution in [3.63, 3.8) is 0 Å². The van der Waals surface area contributed by atoms with E-state index in [1.165, 1.54) is 12.1 Å². The monoisotopic (exact) mass is 208 g/mol. The van der Waals surface area contributed by atoms with E-state index in [0.717, 1.165) is 24.0 Å². The summed E-state index contributed by atoms with van der Waals surface area (Å²) in [4.78, 5) is 11.2. The lowest BCUT2D eigenvalue weighted by molar-refractivity contribution is -0.143. The Balaban J connectivity index is 2.56. The second kappa shape index (κ2) is 3.33. The molecule has 1 aromatic rings. The van der Waals surface area contributed by atoms with Crippen molar-refractivity contribution >= 4 is 5.97 Å². The van der Waals surface area contributed by atoms with Crippen molar-refractivity contribution in [1.29, 1.82) is 0 Å². The summed E-state index contributed by atoms with van der Waals surface area (Å²) >= 11 is 0. The molecule has 0 radical (unpaired) electrons. The SMILES string of the molecule is CC1(C(=O)O)CCCc2cc(F)ccc21. The highest BCUT2D eigenvalue weighted by Crippen LogP contribution is 2.37. The molecule has 1 atom stereocenters. The van der Waals surface area contributed by atoms with E-state index in [1.807, 2.05) is 0 Å². The molecule has 0 bridgehead atoms. The van der Waals surface area contributed by atoms with E-state index in [1.54, 1.807) is 13.0 Å². The highest BCUT2D eigenvalue weighted by molar-refractivity contribution is 5.81. The first-order valence-electron chi connectivity index (χ1n) is 5.06. The van der Waals surface area contributed by atoms with Gasteiger partial charge >= 0.3 is 5.97 Å². The van der Waals surface area contributed by atoms with Crippen molar-refractivity contribution < 1.29 is 14.3 Å². The Morgan fingerprint density at radius 3 is 2.93 bits per heavy atom. The Morgan fingerprint density at radius 1 is 1.53 bits per heavy atom. The molecule has 1 unspecified atom stereocenters. The first-order chi connectivity index (χ1) is 7.04. The number of rotatable bonds is 1. The van der Waals surface area contributed by atoms with Gasteiger partial charge in [-0.1, -0.05) is 6.07 Å². The van der Waals surface area contributed by atoms with Crippen molar-refractivity contribution in [2.45, 2.75) is 31.6 Å². The molecule has 0 saturated carbocycles. The van der Waals surface area contributed by atoms with Crippen molar-refractivity contribution in [3.8, 4) is 0 Å². The van der Waals surface area contributed by atoms with Crippen LogP contribution in [0.3, 0.4) is 0 Å². The summed E-state index contributed by atoms with van der Waals surface area (Å²) in [5, 5.41) is 9.22. The van der Waals surface area contributed by atoms with E-state index in [4.69, 9.17) is 0 Å². The van der Waals surface area contributed by atoms with E-state index in [-0.39, 0.29) is 5.82 Å². The number of benzene rings is 1. The second-order valence-electron chi connectivity index (χ2n) is 4.29. The van der Waals surface area contributed by atoms with Crippen LogP contribution in [0.2, 0.25) is 0 Å². The third-order valence-corrected chi connectivity index (χ3v) is 3.26. The Labute approximate surface area is 87.7 Å². The van der Waals surface area contributed by atoms with Gasteiger partial charge in [0.2, 0.25) is 0 Å². The van der Waals surface area contributed by atoms with E-state index in [0.29, 0.717) is 6.42 Å². The molecule has 0 amide bonds. The van der Waals surface area contributed by atoms with Crippen LogP contribution in [0.15, 0.2) is 18.2 Å². The lowest BCUT2D eigenvalue weighted by Crippen LogP contribution is -2.36. The molecule has 1 aliphatic rings. The van der Waals surface area contributed by atoms with Crippen molar-refractivity contribution in [3.05, 3.63) is 35.1 Å². The van der Waals surface area contributed by atoms with Gasteiger partial charge < -0.3 is 5.11 Å². The minimum atomic E-state index is -0.846. The fourth-order valence-corrected chi connectivity index (χ4v) is 2.30. The molecule has 0 spiro atoms. The quantitative estimate of drug-likeness (QED) is 0.769. The number of aliphatic carboxylic acids is 1. The van der Waals surface area contributed by atoms with Gasteiger partial charge in [0.05, 0.1) is 5.41 Å². The van der Waals surface area contributed by atoms with Crippen molar-refractivity contribution in [2.75, 3.05) is 0 Å². The molecule has 0 saturated heterocycles. The fraction of sp³-hybridized carbons (Fsp3) is 0.417. The maximum Gasteiger partial charge on any atom is 0.313 e. The molecule has 0 aliphatic heterocycles. The maximum atomic E-state index is 13.0. The van der Waals surface area contributed by atoms with Crippen molar-refractivity contribution in [2.24, 2.45) is 0 Å². The van der Waals surface area contributed by atoms with Gasteiger partial charge in [0.25, 0.3) is 0 Å². The summed E-state index contributed by atoms with van der Waals surface area (Å²) in [6, 6.07) is 4.40. The van der Waals surface area contributed by atoms with Gasteiger partial charge in [-0.2, -0.15) is 0 Å². The average molecular weight is 208 g/mol. The van der Waals surface area contributed by atoms with Gasteiger partial charge in [0, 0.05) is 0 Å². The zero-order valence-electron chi connectivity index (χ0n) is 8.59. The molecule has 0 aromatic heterocycles. The smallest absolute Gasteiger partial charge is 0.313 e. The van der Waals surface area contributed by atoms with E-state index in [2.05, 4.69) is 0 Å². The molecule has 2 nitrogen and oxygen atoms in total. The van der Waals surface area contributed by atoms with Crippen LogP contribution < -0.4 is 0 Å². The summed E-state index contributed by atoms with van der Waals surface area (Å²) in [5.74, 6) is -1.11. The van der Waals surface area contributed by atoms with E-state index in [9.17, 15) is 14.3 Å². The topological polar surface area (TPSA) is 37.3 Å². The first-order valence-corrected chi connectivity index (χ1v) is 5.06. The van der Waals surface area contributed by atoms with Gasteiger partial charge in [-0.05, 0) is 49.4 Å². The minimum absolute atomic E-state index is 0.289. The van der Waals surface area contributed by atoms with E-state index >= 15 is 0 Å². The Kier molecular flexibility index (Phi) is 2.25. The molecule has 0 heterocycles. The second-order valence-corrected chi connectivity index (χ2v) is 4.29. The zero-order chi connectivity index (χ0) is 11.1. The van der Waals surface area contributed by atoms with Crippen LogP contribution in [0, 0.1) is 5.82 Å². The molecule has 1 aliphatic carbocycles. The predicted octanol–water partition coefficient (Wildman–Crippen LogP) is 2.50. The summed E-state index contributed by atoms with van der Waals surface area (Å²) in [6.45, 7) is 1.71. The molecule has 80 valence electrons. The maximum absolute atomic E-state index is 13.0. The average Bonchev–Trinajstić information content (AvgIpc) is 2.17. The van der Waals surface area contributed by atoms with Crippen LogP contribution in [-0.2, 0) is 16.6 Å². The number of hydrogen-bond acceptors (Lipinski definition) is 1. The Bertz CT molecular complexity index is 414. The van der Waals surface area contributed by atoms with Crippen LogP contribution in [0.25, 0.3) is 0 Å². The number of aryl methyl sites for hydroxylation is 1. The number of hydrogen-bond donors (Lipinski definition) is 1. The molecule has 1 aromatic carbocycles. The minimum Gasteiger partial charge on any atom is -0.481 e. The highest BCUT2D eigenvalue weighted by atomic mass is 19.1. The lowest BCUT2D eigenvalue weighted by atomic mass is 9.71. The fourth-order valence-electron chi connectivity index (χ4n) is 2.30. The Morgan fingerprint density at radius 2 is 2.27 bits per heavy atom. The van der Waals surface area contributed by atoms with Gasteiger partial charge in [0.1, 0.15) is 5.82 Å². The number of fused-ring (bicyclic) bond motifs is 1. The zero-order valence-corrected chi connectivity index (χ0v) is 8.59. The van der Waals surface area contributed by atoms with Crippen LogP contribution in [0.1, 0.15) is 30.9 Å². The van der Waals surface area contributed by atoms with Gasteiger partial charge in [-0.3, -0.25) is 4.79 Å². The van der Waals surface area contributed by atoms with Crippen LogP contribution >= 0.6 is 0 Å². The first kappa shape index (κ1) is 10.1. The Hall–Kier alpha value is -1.38. The molecule has 3 heteroatoms. The third-order valence-electron chi connectivity index (χ3n) is 3.26. The normalized spacial score (nSPS) is 24.7. The van der Waals surface area contributed by atoms with Gasteiger partial charge in [-0.15, -0.1) is 0 Å². The predicted molar refractivity (Wildman–Crippen MR) is 54.3 cm³/mol. The summed E-state index contributed by atoms with van der Waals surface area (Å²) in [6.07, 6.45) is 2.20. The lowest BCUT2D eigenvalue weighted by Gasteiger charge is -2.31. The number of carbonyl (C=O) groups is 1. The summed E-state index contributed by atoms with van der Waals surface area (Å²) < 4.78 is 13.0. The van der Waals surface area contributed by atoms with Crippen molar-refractivity contribution in [1.82, 2.24) is 0 Å². The van der Waals surface area contributed by atoms with Crippen LogP contribution in [0.4, 0.5) is 4.39 Å². The molecule has 0 fully saturated rings. The molecule has 15 heavy (non-hydrogen) atoms. The molecular weight excluding hydrogens is 195 g/mol. The van der Waals surface area contributed by atoms with Crippen LogP contribution in [-0.4, -0.2) is 11.1 Å². The molecule has 1 N–H and O–H groups in total. The van der Waals surface area contributed by atoms with Gasteiger partial charge in [0.15, 0.2) is 0 Å². The number of halogens is 1. The van der Waals surface area contributed by atoms with Gasteiger partial charge in [-0.25, -0.2) is 4.39 Å². The summed E-state index contributed by atoms with van der Waals surface area (Å²) in [7, 11) is 0. The standard InChI is InChI=1S/C12H13FO2/c1-12(11(14)15)6-2-3-8-7-9(13)4-5-10(8)12/h4-5,7H,2-3,6H2,1H3,(H,14,15). The molecular formula is C12H13FO2. The molecule has 2 rings (SSSR count). The highest BCUT2D eigenvalue weighted by Gasteiger charge is 2.38. The number of carboxylic acids is 1. The summed E-state index contributed by atoms with van der Waals surface area (Å²) in [5.41, 5.74) is 0.759. The number of carboxylic acid groups (broad SMARTS) is 1. The third kappa shape index (κ3) is 1.52. The largest absolute Gasteiger partial charge is 0.481 e. The van der Waals surface area contributed by atoms with E-state index < -0.39 is 11.4 Å². The van der Waals surface area contributed by atoms with Crippen LogP contribution in [0.5, 0.6) is 0 Å².